The van der Waals surface area contributed by atoms with Gasteiger partial charge in [0, 0.05) is 25.6 Å². The highest BCUT2D eigenvalue weighted by molar-refractivity contribution is 5.96. The van der Waals surface area contributed by atoms with Gasteiger partial charge in [-0.2, -0.15) is 15.2 Å². The second kappa shape index (κ2) is 10.2. The molecular weight excluding hydrogens is 530 g/mol. The van der Waals surface area contributed by atoms with Crippen molar-refractivity contribution in [2.45, 2.75) is 59.6 Å². The number of hydrogen-bond donors (Lipinski definition) is 2. The number of carbonyl (C=O) groups is 1. The Labute approximate surface area is 236 Å². The van der Waals surface area contributed by atoms with Crippen LogP contribution in [-0.2, 0) is 18.2 Å². The predicted molar refractivity (Wildman–Crippen MR) is 154 cm³/mol. The largest absolute Gasteiger partial charge is 0.444 e. The third-order valence-corrected chi connectivity index (χ3v) is 7.10. The maximum Gasteiger partial charge on any atom is 0.410 e. The van der Waals surface area contributed by atoms with Gasteiger partial charge in [-0.3, -0.25) is 4.68 Å². The second-order valence-electron chi connectivity index (χ2n) is 11.3. The summed E-state index contributed by atoms with van der Waals surface area (Å²) in [5.74, 6) is -0.562. The molecule has 1 atom stereocenters. The number of aromatic nitrogens is 4. The molecule has 12 heteroatoms. The number of nitrogens with zero attached hydrogens (tertiary/aromatic N) is 6. The average molecular weight is 565 g/mol. The van der Waals surface area contributed by atoms with E-state index in [2.05, 4.69) is 15.4 Å². The van der Waals surface area contributed by atoms with Crippen LogP contribution in [0.25, 0.3) is 16.6 Å². The van der Waals surface area contributed by atoms with Crippen LogP contribution in [0.2, 0.25) is 0 Å². The van der Waals surface area contributed by atoms with Crippen LogP contribution in [-0.4, -0.2) is 48.7 Å². The van der Waals surface area contributed by atoms with Crippen LogP contribution in [0.15, 0.2) is 35.5 Å². The summed E-state index contributed by atoms with van der Waals surface area (Å²) in [5.41, 5.74) is 9.33. The van der Waals surface area contributed by atoms with Crippen molar-refractivity contribution < 1.29 is 18.3 Å². The van der Waals surface area contributed by atoms with Gasteiger partial charge < -0.3 is 20.7 Å². The van der Waals surface area contributed by atoms with E-state index >= 15 is 4.39 Å². The lowest BCUT2D eigenvalue weighted by Crippen LogP contribution is -2.42. The fraction of sp³-hybridized carbons (Fsp3) is 0.379. The van der Waals surface area contributed by atoms with Gasteiger partial charge in [0.05, 0.1) is 40.2 Å². The number of hydrogen-bond acceptors (Lipinski definition) is 5. The molecule has 4 aromatic rings. The maximum atomic E-state index is 15.3. The highest BCUT2D eigenvalue weighted by atomic mass is 19.1. The molecule has 0 spiro atoms. The van der Waals surface area contributed by atoms with E-state index in [1.54, 1.807) is 59.4 Å². The SMILES string of the molecule is Cc1cc(-n2nc3c(c2/N=C(\N)Nc2ccc4c(cnn4C)c2F)[C@H](C)N(C(=O)OC(C)(C)C)CC3)cc(C)c1F. The first-order valence-corrected chi connectivity index (χ1v) is 13.3. The zero-order valence-electron chi connectivity index (χ0n) is 24.2. The molecule has 0 saturated carbocycles. The number of amides is 1. The van der Waals surface area contributed by atoms with Crippen molar-refractivity contribution in [3.8, 4) is 5.69 Å². The minimum atomic E-state index is -0.667. The first-order valence-electron chi connectivity index (χ1n) is 13.3. The van der Waals surface area contributed by atoms with E-state index in [0.717, 1.165) is 5.69 Å². The van der Waals surface area contributed by atoms with Crippen molar-refractivity contribution in [2.75, 3.05) is 11.9 Å². The number of aliphatic imine (C=N–C) groups is 1. The molecule has 0 radical (unpaired) electrons. The fourth-order valence-corrected chi connectivity index (χ4v) is 5.13. The van der Waals surface area contributed by atoms with Crippen molar-refractivity contribution in [3.05, 3.63) is 64.5 Å². The smallest absolute Gasteiger partial charge is 0.410 e. The minimum absolute atomic E-state index is 0.0896. The summed E-state index contributed by atoms with van der Waals surface area (Å²) in [7, 11) is 1.73. The lowest BCUT2D eigenvalue weighted by Gasteiger charge is -2.34. The average Bonchev–Trinajstić information content (AvgIpc) is 3.44. The summed E-state index contributed by atoms with van der Waals surface area (Å²) in [5, 5.41) is 12.1. The standard InChI is InChI=1S/C29H34F2N8O2/c1-15-12-18(13-16(2)24(15)30)39-26(23-17(3)38(11-10-20(23)36-39)28(40)41-29(4,5)6)35-27(32)34-21-8-9-22-19(25(21)31)14-33-37(22)7/h8-9,12-14,17H,10-11H2,1-7H3,(H3,32,34,35)/t17-/m0/s1. The van der Waals surface area contributed by atoms with E-state index in [1.165, 1.54) is 6.20 Å². The number of anilines is 1. The molecule has 0 fully saturated rings. The molecule has 1 aliphatic rings. The summed E-state index contributed by atoms with van der Waals surface area (Å²) < 4.78 is 38.6. The molecule has 2 aromatic heterocycles. The first-order chi connectivity index (χ1) is 19.2. The van der Waals surface area contributed by atoms with E-state index in [-0.39, 0.29) is 17.5 Å². The number of fused-ring (bicyclic) bond motifs is 2. The normalized spacial score (nSPS) is 15.8. The van der Waals surface area contributed by atoms with Gasteiger partial charge in [-0.15, -0.1) is 0 Å². The molecule has 41 heavy (non-hydrogen) atoms. The van der Waals surface area contributed by atoms with Gasteiger partial charge in [0.15, 0.2) is 17.6 Å². The Hall–Kier alpha value is -4.48. The van der Waals surface area contributed by atoms with Gasteiger partial charge in [0.2, 0.25) is 0 Å². The number of halogens is 2. The van der Waals surface area contributed by atoms with Crippen LogP contribution in [0.5, 0.6) is 0 Å². The maximum absolute atomic E-state index is 15.3. The Morgan fingerprint density at radius 1 is 1.17 bits per heavy atom. The first kappa shape index (κ1) is 28.1. The molecule has 0 saturated heterocycles. The number of aryl methyl sites for hydroxylation is 3. The molecule has 1 amide bonds. The van der Waals surface area contributed by atoms with E-state index in [9.17, 15) is 9.18 Å². The molecule has 0 bridgehead atoms. The van der Waals surface area contributed by atoms with Crippen LogP contribution in [0.3, 0.4) is 0 Å². The van der Waals surface area contributed by atoms with E-state index in [1.807, 2.05) is 27.7 Å². The number of carbonyl (C=O) groups excluding carboxylic acids is 1. The summed E-state index contributed by atoms with van der Waals surface area (Å²) in [6, 6.07) is 6.19. The van der Waals surface area contributed by atoms with E-state index < -0.39 is 23.6 Å². The van der Waals surface area contributed by atoms with E-state index in [4.69, 9.17) is 15.6 Å². The number of guanidine groups is 1. The van der Waals surface area contributed by atoms with Crippen LogP contribution in [0, 0.1) is 25.5 Å². The van der Waals surface area contributed by atoms with Crippen molar-refractivity contribution in [1.29, 1.82) is 0 Å². The molecule has 216 valence electrons. The number of benzene rings is 2. The molecule has 2 aromatic carbocycles. The van der Waals surface area contributed by atoms with Gasteiger partial charge >= 0.3 is 6.09 Å². The topological polar surface area (TPSA) is 116 Å². The molecular formula is C29H34F2N8O2. The minimum Gasteiger partial charge on any atom is -0.444 e. The lowest BCUT2D eigenvalue weighted by atomic mass is 10.00. The van der Waals surface area contributed by atoms with Gasteiger partial charge in [-0.1, -0.05) is 0 Å². The quantitative estimate of drug-likeness (QED) is 0.248. The highest BCUT2D eigenvalue weighted by Gasteiger charge is 2.36. The van der Waals surface area contributed by atoms with Crippen molar-refractivity contribution >= 4 is 34.5 Å². The zero-order valence-corrected chi connectivity index (χ0v) is 24.2. The third kappa shape index (κ3) is 5.21. The molecule has 1 aliphatic heterocycles. The summed E-state index contributed by atoms with van der Waals surface area (Å²) in [6.07, 6.45) is 1.44. The summed E-state index contributed by atoms with van der Waals surface area (Å²) in [6.45, 7) is 11.1. The molecule has 3 N–H and O–H groups in total. The molecule has 0 aliphatic carbocycles. The van der Waals surface area contributed by atoms with E-state index in [0.29, 0.717) is 52.1 Å². The third-order valence-electron chi connectivity index (χ3n) is 7.10. The Bertz CT molecular complexity index is 1680. The van der Waals surface area contributed by atoms with Gasteiger partial charge in [0.25, 0.3) is 0 Å². The highest BCUT2D eigenvalue weighted by Crippen LogP contribution is 2.39. The van der Waals surface area contributed by atoms with Gasteiger partial charge in [-0.25, -0.2) is 18.3 Å². The molecule has 3 heterocycles. The number of nitrogens with two attached hydrogens (primary N) is 1. The van der Waals surface area contributed by atoms with Crippen molar-refractivity contribution in [1.82, 2.24) is 24.5 Å². The predicted octanol–water partition coefficient (Wildman–Crippen LogP) is 5.57. The summed E-state index contributed by atoms with van der Waals surface area (Å²) in [4.78, 5) is 19.4. The van der Waals surface area contributed by atoms with Crippen LogP contribution < -0.4 is 11.1 Å². The van der Waals surface area contributed by atoms with Gasteiger partial charge in [0.1, 0.15) is 11.4 Å². The monoisotopic (exact) mass is 564 g/mol. The Morgan fingerprint density at radius 3 is 2.51 bits per heavy atom. The van der Waals surface area contributed by atoms with Gasteiger partial charge in [-0.05, 0) is 76.9 Å². The van der Waals surface area contributed by atoms with Crippen molar-refractivity contribution in [3.63, 3.8) is 0 Å². The van der Waals surface area contributed by atoms with Crippen molar-refractivity contribution in [2.24, 2.45) is 17.8 Å². The summed E-state index contributed by atoms with van der Waals surface area (Å²) >= 11 is 0. The molecule has 0 unspecified atom stereocenters. The number of rotatable bonds is 3. The Morgan fingerprint density at radius 2 is 1.85 bits per heavy atom. The molecule has 5 rings (SSSR count). The fourth-order valence-electron chi connectivity index (χ4n) is 5.13. The van der Waals surface area contributed by atoms with Crippen LogP contribution in [0.4, 0.5) is 25.1 Å². The Balaban J connectivity index is 1.61. The Kier molecular flexibility index (Phi) is 6.96. The lowest BCUT2D eigenvalue weighted by molar-refractivity contribution is 0.0160. The number of ether oxygens (including phenoxy) is 1. The van der Waals surface area contributed by atoms with Crippen LogP contribution >= 0.6 is 0 Å². The second-order valence-corrected chi connectivity index (χ2v) is 11.3. The molecule has 10 nitrogen and oxygen atoms in total. The van der Waals surface area contributed by atoms with Crippen LogP contribution in [0.1, 0.15) is 56.1 Å². The number of nitrogens with one attached hydrogen (secondary N) is 1. The zero-order chi connectivity index (χ0) is 29.8.